The largest absolute Gasteiger partial charge is 0.486 e. The van der Waals surface area contributed by atoms with Crippen molar-refractivity contribution in [2.24, 2.45) is 0 Å². The van der Waals surface area contributed by atoms with Crippen LogP contribution in [0.15, 0.2) is 23.1 Å². The smallest absolute Gasteiger partial charge is 0.175 e. The van der Waals surface area contributed by atoms with Crippen molar-refractivity contribution in [3.63, 3.8) is 0 Å². The SMILES string of the molecule is CS(=O)(=O)c1ccc2c(c1)O[C@@H](CNCCO)CO2. The van der Waals surface area contributed by atoms with E-state index in [1.807, 2.05) is 0 Å². The predicted octanol–water partition coefficient (Wildman–Crippen LogP) is -0.188. The van der Waals surface area contributed by atoms with E-state index < -0.39 is 9.84 Å². The Morgan fingerprint density at radius 3 is 2.89 bits per heavy atom. The number of fused-ring (bicyclic) bond motifs is 1. The lowest BCUT2D eigenvalue weighted by Gasteiger charge is -2.27. The summed E-state index contributed by atoms with van der Waals surface area (Å²) in [6.07, 6.45) is 0.951. The molecular weight excluding hydrogens is 270 g/mol. The highest BCUT2D eigenvalue weighted by Crippen LogP contribution is 2.33. The van der Waals surface area contributed by atoms with Gasteiger partial charge in [-0.3, -0.25) is 0 Å². The summed E-state index contributed by atoms with van der Waals surface area (Å²) in [5, 5.41) is 11.7. The van der Waals surface area contributed by atoms with Crippen LogP contribution in [0.3, 0.4) is 0 Å². The molecule has 1 aliphatic heterocycles. The van der Waals surface area contributed by atoms with Gasteiger partial charge in [-0.25, -0.2) is 8.42 Å². The van der Waals surface area contributed by atoms with Crippen LogP contribution in [0.4, 0.5) is 0 Å². The van der Waals surface area contributed by atoms with Crippen LogP contribution in [-0.2, 0) is 9.84 Å². The van der Waals surface area contributed by atoms with E-state index in [1.165, 1.54) is 12.1 Å². The molecule has 1 aliphatic rings. The Balaban J connectivity index is 2.10. The maximum Gasteiger partial charge on any atom is 0.175 e. The topological polar surface area (TPSA) is 84.9 Å². The molecule has 2 rings (SSSR count). The van der Waals surface area contributed by atoms with Gasteiger partial charge in [0.25, 0.3) is 0 Å². The van der Waals surface area contributed by atoms with Crippen molar-refractivity contribution in [3.8, 4) is 11.5 Å². The molecule has 106 valence electrons. The number of hydrogen-bond donors (Lipinski definition) is 2. The van der Waals surface area contributed by atoms with Gasteiger partial charge in [0, 0.05) is 25.4 Å². The van der Waals surface area contributed by atoms with Crippen LogP contribution in [-0.4, -0.2) is 52.2 Å². The fourth-order valence-corrected chi connectivity index (χ4v) is 2.41. The van der Waals surface area contributed by atoms with Crippen molar-refractivity contribution in [2.45, 2.75) is 11.0 Å². The summed E-state index contributed by atoms with van der Waals surface area (Å²) in [4.78, 5) is 0.207. The third-order valence-corrected chi connectivity index (χ3v) is 3.83. The van der Waals surface area contributed by atoms with Gasteiger partial charge in [0.1, 0.15) is 12.7 Å². The summed E-state index contributed by atoms with van der Waals surface area (Å²) in [5.74, 6) is 0.982. The number of nitrogens with one attached hydrogen (secondary N) is 1. The first-order valence-corrected chi connectivity index (χ1v) is 7.85. The molecule has 1 aromatic rings. The highest BCUT2D eigenvalue weighted by atomic mass is 32.2. The molecule has 0 aromatic heterocycles. The van der Waals surface area contributed by atoms with Crippen molar-refractivity contribution in [2.75, 3.05) is 32.6 Å². The van der Waals surface area contributed by atoms with Crippen molar-refractivity contribution < 1.29 is 23.0 Å². The van der Waals surface area contributed by atoms with E-state index >= 15 is 0 Å². The van der Waals surface area contributed by atoms with Crippen LogP contribution >= 0.6 is 0 Å². The maximum atomic E-state index is 11.5. The van der Waals surface area contributed by atoms with E-state index in [-0.39, 0.29) is 17.6 Å². The van der Waals surface area contributed by atoms with Crippen molar-refractivity contribution >= 4 is 9.84 Å². The zero-order valence-corrected chi connectivity index (χ0v) is 11.4. The number of aliphatic hydroxyl groups excluding tert-OH is 1. The Bertz CT molecular complexity index is 543. The highest BCUT2D eigenvalue weighted by Gasteiger charge is 2.22. The molecule has 0 fully saturated rings. The minimum atomic E-state index is -3.26. The molecule has 0 spiro atoms. The van der Waals surface area contributed by atoms with Crippen molar-refractivity contribution in [3.05, 3.63) is 18.2 Å². The van der Waals surface area contributed by atoms with E-state index in [4.69, 9.17) is 14.6 Å². The monoisotopic (exact) mass is 287 g/mol. The second-order valence-corrected chi connectivity index (χ2v) is 6.38. The molecule has 7 heteroatoms. The van der Waals surface area contributed by atoms with E-state index in [1.54, 1.807) is 6.07 Å². The van der Waals surface area contributed by atoms with Gasteiger partial charge in [0.05, 0.1) is 11.5 Å². The minimum Gasteiger partial charge on any atom is -0.486 e. The molecule has 0 saturated carbocycles. The van der Waals surface area contributed by atoms with Crippen LogP contribution in [0.5, 0.6) is 11.5 Å². The molecule has 0 radical (unpaired) electrons. The molecule has 0 aliphatic carbocycles. The number of rotatable bonds is 5. The Hall–Kier alpha value is -1.31. The van der Waals surface area contributed by atoms with Crippen molar-refractivity contribution in [1.29, 1.82) is 0 Å². The third-order valence-electron chi connectivity index (χ3n) is 2.72. The number of sulfone groups is 1. The van der Waals surface area contributed by atoms with E-state index in [0.717, 1.165) is 6.26 Å². The summed E-state index contributed by atoms with van der Waals surface area (Å²) >= 11 is 0. The van der Waals surface area contributed by atoms with Gasteiger partial charge < -0.3 is 19.9 Å². The average Bonchev–Trinajstić information content (AvgIpc) is 2.37. The molecule has 1 atom stereocenters. The molecule has 0 bridgehead atoms. The van der Waals surface area contributed by atoms with E-state index in [2.05, 4.69) is 5.32 Å². The molecule has 2 N–H and O–H groups in total. The number of hydrogen-bond acceptors (Lipinski definition) is 6. The fourth-order valence-electron chi connectivity index (χ4n) is 1.77. The minimum absolute atomic E-state index is 0.0579. The van der Waals surface area contributed by atoms with Gasteiger partial charge in [-0.1, -0.05) is 0 Å². The van der Waals surface area contributed by atoms with Crippen LogP contribution in [0.25, 0.3) is 0 Å². The van der Waals surface area contributed by atoms with Gasteiger partial charge in [0.2, 0.25) is 0 Å². The first-order valence-electron chi connectivity index (χ1n) is 5.96. The maximum absolute atomic E-state index is 11.5. The standard InChI is InChI=1S/C12H17NO5S/c1-19(15,16)10-2-3-11-12(6-10)18-9(8-17-11)7-13-4-5-14/h2-3,6,9,13-14H,4-5,7-8H2,1H3/t9-/m0/s1. The Labute approximate surface area is 112 Å². The summed E-state index contributed by atoms with van der Waals surface area (Å²) in [7, 11) is -3.26. The second-order valence-electron chi connectivity index (χ2n) is 4.36. The number of aliphatic hydroxyl groups is 1. The Kier molecular flexibility index (Phi) is 4.28. The Morgan fingerprint density at radius 1 is 1.42 bits per heavy atom. The lowest BCUT2D eigenvalue weighted by atomic mass is 10.2. The molecule has 0 unspecified atom stereocenters. The summed E-state index contributed by atoms with van der Waals surface area (Å²) < 4.78 is 34.1. The highest BCUT2D eigenvalue weighted by molar-refractivity contribution is 7.90. The van der Waals surface area contributed by atoms with E-state index in [9.17, 15) is 8.42 Å². The first kappa shape index (κ1) is 14.1. The third kappa shape index (κ3) is 3.59. The first-order chi connectivity index (χ1) is 9.00. The Morgan fingerprint density at radius 2 is 2.21 bits per heavy atom. The zero-order chi connectivity index (χ0) is 13.9. The summed E-state index contributed by atoms with van der Waals surface area (Å²) in [6, 6.07) is 4.58. The zero-order valence-electron chi connectivity index (χ0n) is 10.6. The predicted molar refractivity (Wildman–Crippen MR) is 69.4 cm³/mol. The molecule has 1 heterocycles. The number of ether oxygens (including phenoxy) is 2. The van der Waals surface area contributed by atoms with E-state index in [0.29, 0.717) is 31.2 Å². The van der Waals surface area contributed by atoms with Gasteiger partial charge in [-0.2, -0.15) is 0 Å². The van der Waals surface area contributed by atoms with Gasteiger partial charge in [0.15, 0.2) is 21.3 Å². The average molecular weight is 287 g/mol. The van der Waals surface area contributed by atoms with Crippen LogP contribution in [0.2, 0.25) is 0 Å². The van der Waals surface area contributed by atoms with Gasteiger partial charge in [-0.05, 0) is 12.1 Å². The molecular formula is C12H17NO5S. The second kappa shape index (κ2) is 5.77. The molecule has 6 nitrogen and oxygen atoms in total. The molecule has 0 saturated heterocycles. The van der Waals surface area contributed by atoms with Crippen molar-refractivity contribution in [1.82, 2.24) is 5.32 Å². The van der Waals surface area contributed by atoms with Crippen LogP contribution in [0, 0.1) is 0 Å². The summed E-state index contributed by atoms with van der Waals surface area (Å²) in [5.41, 5.74) is 0. The van der Waals surface area contributed by atoms with Crippen LogP contribution in [0.1, 0.15) is 0 Å². The normalized spacial score (nSPS) is 18.3. The molecule has 19 heavy (non-hydrogen) atoms. The van der Waals surface area contributed by atoms with Crippen LogP contribution < -0.4 is 14.8 Å². The lowest BCUT2D eigenvalue weighted by molar-refractivity contribution is 0.0891. The lowest BCUT2D eigenvalue weighted by Crippen LogP contribution is -2.39. The molecule has 1 aromatic carbocycles. The quantitative estimate of drug-likeness (QED) is 0.730. The van der Waals surface area contributed by atoms with Gasteiger partial charge >= 0.3 is 0 Å². The fraction of sp³-hybridized carbons (Fsp3) is 0.500. The molecule has 0 amide bonds. The summed E-state index contributed by atoms with van der Waals surface area (Å²) in [6.45, 7) is 1.46. The number of benzene rings is 1. The van der Waals surface area contributed by atoms with Gasteiger partial charge in [-0.15, -0.1) is 0 Å².